The highest BCUT2D eigenvalue weighted by Crippen LogP contribution is 2.23. The largest absolute Gasteiger partial charge is 0.396 e. The second kappa shape index (κ2) is 8.60. The monoisotopic (exact) mass is 320 g/mol. The second-order valence-corrected chi connectivity index (χ2v) is 4.71. The fourth-order valence-corrected chi connectivity index (χ4v) is 1.89. The van der Waals surface area contributed by atoms with Crippen LogP contribution in [0, 0.1) is 0 Å². The van der Waals surface area contributed by atoms with Crippen LogP contribution < -0.4 is 5.32 Å². The van der Waals surface area contributed by atoms with Gasteiger partial charge in [-0.3, -0.25) is 0 Å². The number of carbonyl (C=O) groups is 1. The van der Waals surface area contributed by atoms with E-state index < -0.39 is 18.6 Å². The van der Waals surface area contributed by atoms with Crippen LogP contribution in [0.3, 0.4) is 0 Å². The molecule has 0 heterocycles. The summed E-state index contributed by atoms with van der Waals surface area (Å²) in [5.41, 5.74) is 0.299. The Kier molecular flexibility index (Phi) is 7.13. The van der Waals surface area contributed by atoms with E-state index in [4.69, 9.17) is 10.2 Å². The lowest BCUT2D eigenvalue weighted by atomic mass is 10.1. The molecule has 0 bridgehead atoms. The molecule has 3 N–H and O–H groups in total. The van der Waals surface area contributed by atoms with Gasteiger partial charge in [-0.05, 0) is 24.1 Å². The van der Waals surface area contributed by atoms with Gasteiger partial charge in [0.05, 0.1) is 13.0 Å². The quantitative estimate of drug-likeness (QED) is 0.719. The average Bonchev–Trinajstić information content (AvgIpc) is 2.41. The molecule has 1 aromatic rings. The maximum atomic E-state index is 12.4. The minimum Gasteiger partial charge on any atom is -0.396 e. The summed E-state index contributed by atoms with van der Waals surface area (Å²) < 4.78 is 37.1. The molecule has 0 spiro atoms. The van der Waals surface area contributed by atoms with Gasteiger partial charge in [-0.1, -0.05) is 12.1 Å². The predicted octanol–water partition coefficient (Wildman–Crippen LogP) is 2.00. The van der Waals surface area contributed by atoms with Gasteiger partial charge >= 0.3 is 12.2 Å². The van der Waals surface area contributed by atoms with Crippen molar-refractivity contribution in [2.75, 3.05) is 31.6 Å². The Morgan fingerprint density at radius 1 is 1.18 bits per heavy atom. The van der Waals surface area contributed by atoms with Gasteiger partial charge in [-0.15, -0.1) is 0 Å². The Labute approximate surface area is 126 Å². The number of carbonyl (C=O) groups excluding carboxylic acids is 1. The smallest absolute Gasteiger partial charge is 0.393 e. The number of anilines is 1. The summed E-state index contributed by atoms with van der Waals surface area (Å²) in [4.78, 5) is 13.3. The molecule has 0 aliphatic carbocycles. The van der Waals surface area contributed by atoms with Crippen LogP contribution in [0.25, 0.3) is 0 Å². The van der Waals surface area contributed by atoms with Gasteiger partial charge in [0.1, 0.15) is 0 Å². The maximum absolute atomic E-state index is 12.4. The molecule has 0 radical (unpaired) electrons. The number of rotatable bonds is 7. The van der Waals surface area contributed by atoms with Crippen molar-refractivity contribution < 1.29 is 28.2 Å². The average molecular weight is 320 g/mol. The number of aliphatic hydroxyl groups excluding tert-OH is 2. The lowest BCUT2D eigenvalue weighted by Gasteiger charge is -2.22. The van der Waals surface area contributed by atoms with E-state index >= 15 is 0 Å². The molecular weight excluding hydrogens is 301 g/mol. The van der Waals surface area contributed by atoms with Gasteiger partial charge in [-0.25, -0.2) is 4.79 Å². The zero-order chi connectivity index (χ0) is 16.6. The van der Waals surface area contributed by atoms with Crippen molar-refractivity contribution in [1.29, 1.82) is 0 Å². The maximum Gasteiger partial charge on any atom is 0.393 e. The number of hydrogen-bond acceptors (Lipinski definition) is 3. The van der Waals surface area contributed by atoms with E-state index in [0.29, 0.717) is 6.42 Å². The number of benzene rings is 1. The molecule has 2 amide bonds. The van der Waals surface area contributed by atoms with Gasteiger partial charge in [0.2, 0.25) is 0 Å². The highest BCUT2D eigenvalue weighted by Gasteiger charge is 2.27. The summed E-state index contributed by atoms with van der Waals surface area (Å²) in [6.45, 7) is -0.0253. The van der Waals surface area contributed by atoms with E-state index in [1.807, 2.05) is 0 Å². The number of nitrogens with one attached hydrogen (secondary N) is 1. The Morgan fingerprint density at radius 2 is 1.91 bits per heavy atom. The van der Waals surface area contributed by atoms with Crippen LogP contribution in [0.4, 0.5) is 23.7 Å². The molecule has 124 valence electrons. The third kappa shape index (κ3) is 6.77. The van der Waals surface area contributed by atoms with Crippen molar-refractivity contribution >= 4 is 11.7 Å². The third-order valence-electron chi connectivity index (χ3n) is 2.83. The highest BCUT2D eigenvalue weighted by atomic mass is 19.4. The molecule has 0 aliphatic heterocycles. The number of nitrogens with zero attached hydrogens (tertiary/aromatic N) is 1. The Morgan fingerprint density at radius 3 is 2.50 bits per heavy atom. The minimum atomic E-state index is -4.31. The predicted molar refractivity (Wildman–Crippen MR) is 75.6 cm³/mol. The van der Waals surface area contributed by atoms with Crippen LogP contribution in [-0.4, -0.2) is 53.6 Å². The first kappa shape index (κ1) is 18.2. The van der Waals surface area contributed by atoms with Crippen LogP contribution in [0.5, 0.6) is 0 Å². The molecule has 0 saturated heterocycles. The number of aliphatic hydroxyl groups is 2. The molecule has 5 nitrogen and oxygen atoms in total. The number of halogens is 3. The van der Waals surface area contributed by atoms with E-state index in [2.05, 4.69) is 5.32 Å². The molecule has 1 aromatic carbocycles. The van der Waals surface area contributed by atoms with Crippen molar-refractivity contribution in [3.05, 3.63) is 29.8 Å². The lowest BCUT2D eigenvalue weighted by molar-refractivity contribution is -0.127. The molecule has 0 aliphatic rings. The van der Waals surface area contributed by atoms with Crippen molar-refractivity contribution in [1.82, 2.24) is 4.90 Å². The number of alkyl halides is 3. The van der Waals surface area contributed by atoms with Gasteiger partial charge < -0.3 is 20.4 Å². The fraction of sp³-hybridized carbons (Fsp3) is 0.500. The molecular formula is C14H19F3N2O3. The van der Waals surface area contributed by atoms with Gasteiger partial charge in [-0.2, -0.15) is 13.2 Å². The Hall–Kier alpha value is -1.80. The summed E-state index contributed by atoms with van der Waals surface area (Å²) in [6.07, 6.45) is -5.03. The number of hydrogen-bond donors (Lipinski definition) is 3. The minimum absolute atomic E-state index is 0.0503. The van der Waals surface area contributed by atoms with E-state index in [-0.39, 0.29) is 37.6 Å². The van der Waals surface area contributed by atoms with E-state index in [0.717, 1.165) is 0 Å². The lowest BCUT2D eigenvalue weighted by Crippen LogP contribution is -2.38. The van der Waals surface area contributed by atoms with Crippen LogP contribution in [0.1, 0.15) is 12.0 Å². The normalized spacial score (nSPS) is 11.3. The molecule has 8 heteroatoms. The zero-order valence-electron chi connectivity index (χ0n) is 11.9. The first-order chi connectivity index (χ1) is 10.4. The molecule has 0 saturated carbocycles. The topological polar surface area (TPSA) is 72.8 Å². The Bertz CT molecular complexity index is 481. The summed E-state index contributed by atoms with van der Waals surface area (Å²) >= 11 is 0. The third-order valence-corrected chi connectivity index (χ3v) is 2.83. The van der Waals surface area contributed by atoms with Crippen LogP contribution in [-0.2, 0) is 6.42 Å². The molecule has 0 atom stereocenters. The standard InChI is InChI=1S/C14H19F3N2O3/c15-14(16,17)10-11-3-1-4-12(9-11)18-13(22)19(6-8-21)5-2-7-20/h1,3-4,9,20-21H,2,5-8,10H2,(H,18,22). The zero-order valence-corrected chi connectivity index (χ0v) is 11.9. The highest BCUT2D eigenvalue weighted by molar-refractivity contribution is 5.89. The van der Waals surface area contributed by atoms with Gasteiger partial charge in [0, 0.05) is 25.4 Å². The number of urea groups is 1. The van der Waals surface area contributed by atoms with Crippen molar-refractivity contribution in [3.63, 3.8) is 0 Å². The van der Waals surface area contributed by atoms with Crippen LogP contribution >= 0.6 is 0 Å². The first-order valence-corrected chi connectivity index (χ1v) is 6.79. The van der Waals surface area contributed by atoms with E-state index in [9.17, 15) is 18.0 Å². The molecule has 0 unspecified atom stereocenters. The van der Waals surface area contributed by atoms with E-state index in [1.165, 1.54) is 29.2 Å². The summed E-state index contributed by atoms with van der Waals surface area (Å²) in [6, 6.07) is 4.98. The second-order valence-electron chi connectivity index (χ2n) is 4.71. The molecule has 22 heavy (non-hydrogen) atoms. The van der Waals surface area contributed by atoms with E-state index in [1.54, 1.807) is 0 Å². The Balaban J connectivity index is 2.71. The van der Waals surface area contributed by atoms with Crippen LogP contribution in [0.15, 0.2) is 24.3 Å². The van der Waals surface area contributed by atoms with Gasteiger partial charge in [0.25, 0.3) is 0 Å². The molecule has 0 aromatic heterocycles. The first-order valence-electron chi connectivity index (χ1n) is 6.79. The number of amides is 2. The molecule has 1 rings (SSSR count). The van der Waals surface area contributed by atoms with Crippen molar-refractivity contribution in [2.45, 2.75) is 19.0 Å². The van der Waals surface area contributed by atoms with Crippen molar-refractivity contribution in [2.24, 2.45) is 0 Å². The fourth-order valence-electron chi connectivity index (χ4n) is 1.89. The van der Waals surface area contributed by atoms with Crippen molar-refractivity contribution in [3.8, 4) is 0 Å². The SMILES string of the molecule is O=C(Nc1cccc(CC(F)(F)F)c1)N(CCO)CCCO. The summed E-state index contributed by atoms with van der Waals surface area (Å²) in [5.74, 6) is 0. The molecule has 0 fully saturated rings. The van der Waals surface area contributed by atoms with Gasteiger partial charge in [0.15, 0.2) is 0 Å². The summed E-state index contributed by atoms with van der Waals surface area (Å²) in [7, 11) is 0. The van der Waals surface area contributed by atoms with Crippen LogP contribution in [0.2, 0.25) is 0 Å². The summed E-state index contributed by atoms with van der Waals surface area (Å²) in [5, 5.41) is 20.2.